The number of primary amides is 2. The molecule has 3 amide bonds. The van der Waals surface area contributed by atoms with E-state index >= 15 is 0 Å². The highest BCUT2D eigenvalue weighted by Gasteiger charge is 2.32. The third kappa shape index (κ3) is 7.50. The lowest BCUT2D eigenvalue weighted by Crippen LogP contribution is -2.35. The molecule has 6 heterocycles. The fourth-order valence-corrected chi connectivity index (χ4v) is 7.87. The average Bonchev–Trinajstić information content (AvgIpc) is 3.91. The molecule has 0 radical (unpaired) electrons. The number of hydrogen-bond donors (Lipinski definition) is 3. The van der Waals surface area contributed by atoms with Crippen molar-refractivity contribution in [3.05, 3.63) is 57.7 Å². The van der Waals surface area contributed by atoms with E-state index in [2.05, 4.69) is 25.5 Å². The summed E-state index contributed by atoms with van der Waals surface area (Å²) < 4.78 is 8.88. The van der Waals surface area contributed by atoms with Crippen LogP contribution in [0.5, 0.6) is 0 Å². The number of likely N-dealkylation sites (tertiary alicyclic amines) is 1. The number of ether oxygens (including phenoxy) is 1. The summed E-state index contributed by atoms with van der Waals surface area (Å²) in [7, 11) is 3.64. The van der Waals surface area contributed by atoms with Gasteiger partial charge in [0.15, 0.2) is 11.4 Å². The SMILES string of the molecule is Cn1nc(C(N)=O)c2c1-c1nc(CC3CCN(C(=O)OC(C)(C)C)C3)ncc1CC2.Cn1nc(C(N)=O)c2c1-c1nc(CC3CCNC3)ncc1CC2. The van der Waals surface area contributed by atoms with Crippen LogP contribution in [0.3, 0.4) is 0 Å². The number of hydrogen-bond acceptors (Lipinski definition) is 11. The van der Waals surface area contributed by atoms with Crippen molar-refractivity contribution in [3.63, 3.8) is 0 Å². The van der Waals surface area contributed by atoms with Gasteiger partial charge in [-0.05, 0) is 95.3 Å². The van der Waals surface area contributed by atoms with Crippen LogP contribution in [-0.4, -0.2) is 94.1 Å². The molecule has 4 aromatic heterocycles. The predicted octanol–water partition coefficient (Wildman–Crippen LogP) is 2.10. The van der Waals surface area contributed by atoms with Crippen LogP contribution in [0, 0.1) is 11.8 Å². The molecule has 2 unspecified atom stereocenters. The number of aromatic nitrogens is 8. The van der Waals surface area contributed by atoms with E-state index in [1.54, 1.807) is 21.3 Å². The van der Waals surface area contributed by atoms with Crippen molar-refractivity contribution in [2.45, 2.75) is 77.7 Å². The molecular weight excluding hydrogens is 676 g/mol. The number of nitrogens with two attached hydrogens (primary N) is 2. The smallest absolute Gasteiger partial charge is 0.410 e. The van der Waals surface area contributed by atoms with Gasteiger partial charge in [-0.3, -0.25) is 19.0 Å². The maximum Gasteiger partial charge on any atom is 0.410 e. The minimum absolute atomic E-state index is 0.269. The second-order valence-corrected chi connectivity index (χ2v) is 15.5. The molecule has 16 heteroatoms. The first-order valence-electron chi connectivity index (χ1n) is 18.4. The van der Waals surface area contributed by atoms with Crippen LogP contribution < -0.4 is 16.8 Å². The molecule has 2 aliphatic carbocycles. The van der Waals surface area contributed by atoms with E-state index in [1.807, 2.05) is 40.2 Å². The average molecular weight is 725 g/mol. The zero-order chi connectivity index (χ0) is 37.6. The highest BCUT2D eigenvalue weighted by atomic mass is 16.6. The van der Waals surface area contributed by atoms with Crippen molar-refractivity contribution >= 4 is 17.9 Å². The van der Waals surface area contributed by atoms with Crippen molar-refractivity contribution in [2.75, 3.05) is 26.2 Å². The lowest BCUT2D eigenvalue weighted by atomic mass is 9.93. The molecule has 53 heavy (non-hydrogen) atoms. The second-order valence-electron chi connectivity index (χ2n) is 15.5. The molecule has 4 aromatic rings. The zero-order valence-electron chi connectivity index (χ0n) is 31.1. The molecular formula is C37H48N12O4. The van der Waals surface area contributed by atoms with Gasteiger partial charge >= 0.3 is 6.09 Å². The minimum Gasteiger partial charge on any atom is -0.444 e. The van der Waals surface area contributed by atoms with Crippen molar-refractivity contribution in [1.82, 2.24) is 49.7 Å². The fourth-order valence-electron chi connectivity index (χ4n) is 7.87. The van der Waals surface area contributed by atoms with Crippen molar-refractivity contribution in [3.8, 4) is 22.8 Å². The second kappa shape index (κ2) is 14.3. The Balaban J connectivity index is 0.000000170. The maximum atomic E-state index is 12.3. The van der Waals surface area contributed by atoms with Crippen LogP contribution in [-0.2, 0) is 57.4 Å². The Morgan fingerprint density at radius 1 is 0.811 bits per heavy atom. The van der Waals surface area contributed by atoms with Gasteiger partial charge in [0.05, 0.1) is 22.8 Å². The molecule has 2 fully saturated rings. The summed E-state index contributed by atoms with van der Waals surface area (Å²) in [6.45, 7) is 9.03. The van der Waals surface area contributed by atoms with Crippen LogP contribution in [0.25, 0.3) is 22.8 Å². The van der Waals surface area contributed by atoms with Crippen LogP contribution >= 0.6 is 0 Å². The van der Waals surface area contributed by atoms with E-state index in [1.165, 1.54) is 6.42 Å². The largest absolute Gasteiger partial charge is 0.444 e. The summed E-state index contributed by atoms with van der Waals surface area (Å²) >= 11 is 0. The predicted molar refractivity (Wildman–Crippen MR) is 195 cm³/mol. The van der Waals surface area contributed by atoms with Gasteiger partial charge in [-0.1, -0.05) is 0 Å². The Bertz CT molecular complexity index is 2070. The van der Waals surface area contributed by atoms with E-state index < -0.39 is 17.4 Å². The normalized spacial score (nSPS) is 18.7. The molecule has 16 nitrogen and oxygen atoms in total. The van der Waals surface area contributed by atoms with Gasteiger partial charge in [-0.15, -0.1) is 0 Å². The van der Waals surface area contributed by atoms with Gasteiger partial charge in [0.1, 0.15) is 17.2 Å². The number of nitrogens with zero attached hydrogens (tertiary/aromatic N) is 9. The first-order chi connectivity index (χ1) is 25.3. The zero-order valence-corrected chi connectivity index (χ0v) is 31.1. The van der Waals surface area contributed by atoms with E-state index in [0.717, 1.165) is 102 Å². The lowest BCUT2D eigenvalue weighted by molar-refractivity contribution is 0.0287. The molecule has 5 N–H and O–H groups in total. The molecule has 0 spiro atoms. The van der Waals surface area contributed by atoms with Gasteiger partial charge in [0, 0.05) is 63.5 Å². The molecule has 2 atom stereocenters. The maximum absolute atomic E-state index is 12.3. The van der Waals surface area contributed by atoms with Gasteiger partial charge in [-0.25, -0.2) is 24.7 Å². The van der Waals surface area contributed by atoms with E-state index in [9.17, 15) is 14.4 Å². The number of fused-ring (bicyclic) bond motifs is 6. The highest BCUT2D eigenvalue weighted by molar-refractivity contribution is 5.95. The summed E-state index contributed by atoms with van der Waals surface area (Å²) in [4.78, 5) is 56.1. The molecule has 8 rings (SSSR count). The standard InChI is InChI=1S/C21H28N6O3.C16H20N6O/c1-21(2,3)30-20(29)27-8-7-12(11-27)9-15-23-10-13-5-6-14-17(19(22)28)25-26(4)18(14)16(13)24-15;1-22-15-11(14(21-22)16(17)23)3-2-10-8-19-12(20-13(10)15)6-9-4-5-18-7-9/h10,12H,5-9,11H2,1-4H3,(H2,22,28);8-9,18H,2-7H2,1H3,(H2,17,23). The third-order valence-corrected chi connectivity index (χ3v) is 10.4. The Morgan fingerprint density at radius 2 is 1.34 bits per heavy atom. The van der Waals surface area contributed by atoms with Crippen molar-refractivity contribution in [2.24, 2.45) is 37.4 Å². The lowest BCUT2D eigenvalue weighted by Gasteiger charge is -2.24. The van der Waals surface area contributed by atoms with Crippen molar-refractivity contribution < 1.29 is 19.1 Å². The van der Waals surface area contributed by atoms with E-state index in [4.69, 9.17) is 26.2 Å². The fraction of sp³-hybridized carbons (Fsp3) is 0.541. The molecule has 280 valence electrons. The number of amides is 3. The number of rotatable bonds is 6. The summed E-state index contributed by atoms with van der Waals surface area (Å²) in [6, 6.07) is 0. The molecule has 2 saturated heterocycles. The summed E-state index contributed by atoms with van der Waals surface area (Å²) in [5, 5.41) is 12.0. The number of carbonyl (C=O) groups excluding carboxylic acids is 3. The monoisotopic (exact) mass is 724 g/mol. The summed E-state index contributed by atoms with van der Waals surface area (Å²) in [5.41, 5.74) is 18.6. The van der Waals surface area contributed by atoms with Crippen molar-refractivity contribution in [1.29, 1.82) is 0 Å². The number of aryl methyl sites for hydroxylation is 4. The minimum atomic E-state index is -0.516. The summed E-state index contributed by atoms with van der Waals surface area (Å²) in [5.74, 6) is 1.50. The van der Waals surface area contributed by atoms with Gasteiger partial charge in [0.2, 0.25) is 0 Å². The van der Waals surface area contributed by atoms with Gasteiger partial charge in [-0.2, -0.15) is 10.2 Å². The molecule has 0 saturated carbocycles. The molecule has 0 aromatic carbocycles. The highest BCUT2D eigenvalue weighted by Crippen LogP contribution is 2.35. The Morgan fingerprint density at radius 3 is 1.81 bits per heavy atom. The first-order valence-corrected chi connectivity index (χ1v) is 18.4. The number of nitrogens with one attached hydrogen (secondary N) is 1. The van der Waals surface area contributed by atoms with E-state index in [-0.39, 0.29) is 12.0 Å². The van der Waals surface area contributed by atoms with Crippen LogP contribution in [0.15, 0.2) is 12.4 Å². The Hall–Kier alpha value is -5.25. The Kier molecular flexibility index (Phi) is 9.74. The van der Waals surface area contributed by atoms with E-state index in [0.29, 0.717) is 43.2 Å². The number of carbonyl (C=O) groups is 3. The summed E-state index contributed by atoms with van der Waals surface area (Å²) in [6.07, 6.45) is 10.2. The quantitative estimate of drug-likeness (QED) is 0.262. The molecule has 2 aliphatic heterocycles. The first kappa shape index (κ1) is 36.1. The van der Waals surface area contributed by atoms with Crippen LogP contribution in [0.4, 0.5) is 4.79 Å². The molecule has 0 bridgehead atoms. The molecule has 4 aliphatic rings. The van der Waals surface area contributed by atoms with Crippen LogP contribution in [0.2, 0.25) is 0 Å². The third-order valence-electron chi connectivity index (χ3n) is 10.4. The topological polar surface area (TPSA) is 215 Å². The van der Waals surface area contributed by atoms with Crippen LogP contribution in [0.1, 0.15) is 88.5 Å². The van der Waals surface area contributed by atoms with Gasteiger partial charge < -0.3 is 26.4 Å². The van der Waals surface area contributed by atoms with Gasteiger partial charge in [0.25, 0.3) is 11.8 Å². The Labute approximate surface area is 308 Å².